The standard InChI is InChI=1S/C18H19.2ClH.Hf/c1-11-12(2)14(4)18(13(11)3)17-10-9-15-7-5-6-8-16(15)17;;;/h5-10,17H,1-4H3;2*1H;/q-1;;;. The van der Waals surface area contributed by atoms with Crippen LogP contribution in [0.3, 0.4) is 0 Å². The zero-order chi connectivity index (χ0) is 12.9. The van der Waals surface area contributed by atoms with E-state index in [-0.39, 0.29) is 50.7 Å². The van der Waals surface area contributed by atoms with Gasteiger partial charge in [-0.15, -0.1) is 30.4 Å². The van der Waals surface area contributed by atoms with Gasteiger partial charge in [-0.05, 0) is 17.0 Å². The molecule has 0 radical (unpaired) electrons. The normalized spacial score (nSPS) is 14.8. The van der Waals surface area contributed by atoms with Gasteiger partial charge in [-0.2, -0.15) is 22.3 Å². The van der Waals surface area contributed by atoms with Gasteiger partial charge in [0.1, 0.15) is 0 Å². The van der Waals surface area contributed by atoms with Crippen molar-refractivity contribution in [3.8, 4) is 0 Å². The number of hydrogen-bond donors (Lipinski definition) is 0. The van der Waals surface area contributed by atoms with Gasteiger partial charge >= 0.3 is 0 Å². The predicted octanol–water partition coefficient (Wildman–Crippen LogP) is 5.64. The summed E-state index contributed by atoms with van der Waals surface area (Å²) in [5, 5.41) is 0. The number of benzene rings is 1. The Bertz CT molecular complexity index is 628. The minimum atomic E-state index is 0. The predicted molar refractivity (Wildman–Crippen MR) is 92.8 cm³/mol. The third-order valence-electron chi connectivity index (χ3n) is 4.61. The molecule has 0 aliphatic heterocycles. The summed E-state index contributed by atoms with van der Waals surface area (Å²) >= 11 is 0. The Balaban J connectivity index is 0.00000133. The minimum Gasteiger partial charge on any atom is -0.196 e. The first-order chi connectivity index (χ1) is 8.61. The van der Waals surface area contributed by atoms with Gasteiger partial charge in [-0.3, -0.25) is 0 Å². The van der Waals surface area contributed by atoms with Gasteiger partial charge < -0.3 is 0 Å². The van der Waals surface area contributed by atoms with E-state index < -0.39 is 0 Å². The summed E-state index contributed by atoms with van der Waals surface area (Å²) in [6.07, 6.45) is 4.61. The fraction of sp³-hybridized carbons (Fsp3) is 0.278. The van der Waals surface area contributed by atoms with Gasteiger partial charge in [-0.25, -0.2) is 0 Å². The van der Waals surface area contributed by atoms with Crippen molar-refractivity contribution in [2.45, 2.75) is 33.6 Å². The van der Waals surface area contributed by atoms with Crippen molar-refractivity contribution in [1.29, 1.82) is 0 Å². The molecule has 0 saturated carbocycles. The summed E-state index contributed by atoms with van der Waals surface area (Å²) < 4.78 is 0. The molecule has 0 aromatic heterocycles. The molecule has 1 aliphatic carbocycles. The minimum absolute atomic E-state index is 0. The van der Waals surface area contributed by atoms with Crippen LogP contribution in [0.1, 0.15) is 44.9 Å². The molecule has 2 aromatic carbocycles. The van der Waals surface area contributed by atoms with E-state index in [2.05, 4.69) is 64.1 Å². The molecular formula is C18H21Cl2Hf-. The van der Waals surface area contributed by atoms with Crippen LogP contribution in [0.4, 0.5) is 0 Å². The first-order valence-electron chi connectivity index (χ1n) is 6.61. The molecule has 3 rings (SSSR count). The fourth-order valence-corrected chi connectivity index (χ4v) is 3.22. The zero-order valence-corrected chi connectivity index (χ0v) is 18.1. The van der Waals surface area contributed by atoms with Crippen molar-refractivity contribution in [2.75, 3.05) is 0 Å². The van der Waals surface area contributed by atoms with E-state index in [4.69, 9.17) is 0 Å². The van der Waals surface area contributed by atoms with Crippen molar-refractivity contribution in [2.24, 2.45) is 0 Å². The van der Waals surface area contributed by atoms with Crippen molar-refractivity contribution in [1.82, 2.24) is 0 Å². The number of halogens is 2. The number of allylic oxidation sites excluding steroid dienone is 1. The molecular weight excluding hydrogens is 466 g/mol. The van der Waals surface area contributed by atoms with Crippen LogP contribution < -0.4 is 0 Å². The van der Waals surface area contributed by atoms with Crippen LogP contribution in [-0.4, -0.2) is 0 Å². The Morgan fingerprint density at radius 1 is 0.857 bits per heavy atom. The quantitative estimate of drug-likeness (QED) is 0.362. The fourth-order valence-electron chi connectivity index (χ4n) is 3.22. The maximum atomic E-state index is 2.35. The molecule has 0 nitrogen and oxygen atoms in total. The summed E-state index contributed by atoms with van der Waals surface area (Å²) in [6, 6.07) is 8.73. The molecule has 3 heteroatoms. The third-order valence-corrected chi connectivity index (χ3v) is 4.61. The Kier molecular flexibility index (Phi) is 7.76. The molecule has 1 unspecified atom stereocenters. The average molecular weight is 487 g/mol. The second kappa shape index (κ2) is 7.85. The summed E-state index contributed by atoms with van der Waals surface area (Å²) in [4.78, 5) is 0. The largest absolute Gasteiger partial charge is 0.196 e. The number of rotatable bonds is 1. The van der Waals surface area contributed by atoms with E-state index in [0.717, 1.165) is 0 Å². The molecule has 0 bridgehead atoms. The molecule has 1 aliphatic rings. The van der Waals surface area contributed by atoms with E-state index in [9.17, 15) is 0 Å². The Morgan fingerprint density at radius 2 is 1.38 bits per heavy atom. The van der Waals surface area contributed by atoms with Gasteiger partial charge in [0.05, 0.1) is 0 Å². The topological polar surface area (TPSA) is 0 Å². The molecule has 0 spiro atoms. The number of hydrogen-bond acceptors (Lipinski definition) is 0. The molecule has 2 aromatic rings. The van der Waals surface area contributed by atoms with Crippen LogP contribution >= 0.6 is 24.8 Å². The van der Waals surface area contributed by atoms with Crippen molar-refractivity contribution < 1.29 is 25.8 Å². The van der Waals surface area contributed by atoms with Gasteiger partial charge in [0.2, 0.25) is 0 Å². The van der Waals surface area contributed by atoms with Crippen LogP contribution in [0.5, 0.6) is 0 Å². The van der Waals surface area contributed by atoms with Gasteiger partial charge in [0.15, 0.2) is 0 Å². The molecule has 0 saturated heterocycles. The van der Waals surface area contributed by atoms with E-state index in [0.29, 0.717) is 5.92 Å². The van der Waals surface area contributed by atoms with Crippen LogP contribution in [0.2, 0.25) is 0 Å². The van der Waals surface area contributed by atoms with Gasteiger partial charge in [0.25, 0.3) is 0 Å². The maximum absolute atomic E-state index is 2.35. The second-order valence-electron chi connectivity index (χ2n) is 5.38. The van der Waals surface area contributed by atoms with E-state index in [1.807, 2.05) is 0 Å². The molecule has 0 fully saturated rings. The third kappa shape index (κ3) is 3.25. The number of fused-ring (bicyclic) bond motifs is 1. The van der Waals surface area contributed by atoms with E-state index in [1.165, 1.54) is 38.9 Å². The zero-order valence-electron chi connectivity index (χ0n) is 12.9. The van der Waals surface area contributed by atoms with Crippen LogP contribution in [0.25, 0.3) is 6.08 Å². The van der Waals surface area contributed by atoms with Crippen LogP contribution in [-0.2, 0) is 25.8 Å². The van der Waals surface area contributed by atoms with Crippen molar-refractivity contribution >= 4 is 30.9 Å². The Hall–Kier alpha value is -0.240. The summed E-state index contributed by atoms with van der Waals surface area (Å²) in [7, 11) is 0. The molecule has 0 amide bonds. The summed E-state index contributed by atoms with van der Waals surface area (Å²) in [5.74, 6) is 0.452. The molecule has 0 heterocycles. The monoisotopic (exact) mass is 487 g/mol. The molecule has 21 heavy (non-hydrogen) atoms. The molecule has 1 atom stereocenters. The van der Waals surface area contributed by atoms with E-state index >= 15 is 0 Å². The summed E-state index contributed by atoms with van der Waals surface area (Å²) in [5.41, 5.74) is 10.2. The SMILES string of the molecule is Cc1c(C)c(C)[c-](C2C=Cc3ccccc32)c1C.Cl.Cl.[Hf]. The first kappa shape index (κ1) is 20.8. The Labute approximate surface area is 159 Å². The maximum Gasteiger partial charge on any atom is 0 e. The van der Waals surface area contributed by atoms with Gasteiger partial charge in [-0.1, -0.05) is 64.1 Å². The van der Waals surface area contributed by atoms with E-state index in [1.54, 1.807) is 0 Å². The van der Waals surface area contributed by atoms with Crippen molar-refractivity contribution in [3.63, 3.8) is 0 Å². The molecule has 112 valence electrons. The van der Waals surface area contributed by atoms with Gasteiger partial charge in [0, 0.05) is 25.8 Å². The van der Waals surface area contributed by atoms with Crippen LogP contribution in [0, 0.1) is 27.7 Å². The van der Waals surface area contributed by atoms with Crippen LogP contribution in [0.15, 0.2) is 30.3 Å². The molecule has 0 N–H and O–H groups in total. The Morgan fingerprint density at radius 3 is 1.95 bits per heavy atom. The first-order valence-corrected chi connectivity index (χ1v) is 6.61. The average Bonchev–Trinajstić information content (AvgIpc) is 2.87. The van der Waals surface area contributed by atoms with Crippen molar-refractivity contribution in [3.05, 3.63) is 69.3 Å². The second-order valence-corrected chi connectivity index (χ2v) is 5.38. The smallest absolute Gasteiger partial charge is 0 e. The summed E-state index contributed by atoms with van der Waals surface area (Å²) in [6.45, 7) is 9.01.